The average molecular weight is 252 g/mol. The van der Waals surface area contributed by atoms with Crippen LogP contribution >= 0.6 is 0 Å². The van der Waals surface area contributed by atoms with Crippen molar-refractivity contribution < 1.29 is 0 Å². The minimum absolute atomic E-state index is 0.334. The molecule has 0 heteroatoms. The smallest absolute Gasteiger partial charge is 0.0170 e. The highest BCUT2D eigenvalue weighted by molar-refractivity contribution is 5.28. The Balaban J connectivity index is 0.00000137. The first-order valence-electron chi connectivity index (χ1n) is 7.66. The summed E-state index contributed by atoms with van der Waals surface area (Å²) in [6.07, 6.45) is 3.92. The summed E-state index contributed by atoms with van der Waals surface area (Å²) in [6, 6.07) is 0. The van der Waals surface area contributed by atoms with Crippen LogP contribution in [0.1, 0.15) is 88.5 Å². The molecule has 0 aromatic rings. The van der Waals surface area contributed by atoms with E-state index in [1.807, 2.05) is 13.8 Å². The molecule has 108 valence electrons. The summed E-state index contributed by atoms with van der Waals surface area (Å²) < 4.78 is 0. The first-order valence-corrected chi connectivity index (χ1v) is 7.66. The predicted octanol–water partition coefficient (Wildman–Crippen LogP) is 6.61. The lowest BCUT2D eigenvalue weighted by atomic mass is 9.63. The molecule has 0 nitrogen and oxygen atoms in total. The Morgan fingerprint density at radius 1 is 0.778 bits per heavy atom. The van der Waals surface area contributed by atoms with Gasteiger partial charge < -0.3 is 0 Å². The van der Waals surface area contributed by atoms with Crippen LogP contribution in [0.25, 0.3) is 0 Å². The highest BCUT2D eigenvalue weighted by atomic mass is 14.4. The van der Waals surface area contributed by atoms with Gasteiger partial charge in [-0.15, -0.1) is 0 Å². The molecule has 0 N–H and O–H groups in total. The third kappa shape index (κ3) is 4.78. The molecule has 0 aromatic heterocycles. The van der Waals surface area contributed by atoms with Crippen LogP contribution in [-0.2, 0) is 0 Å². The normalized spacial score (nSPS) is 20.3. The van der Waals surface area contributed by atoms with E-state index in [-0.39, 0.29) is 0 Å². The van der Waals surface area contributed by atoms with Gasteiger partial charge in [0.1, 0.15) is 0 Å². The van der Waals surface area contributed by atoms with Crippen molar-refractivity contribution in [2.45, 2.75) is 88.5 Å². The zero-order chi connectivity index (χ0) is 14.8. The van der Waals surface area contributed by atoms with Crippen molar-refractivity contribution >= 4 is 0 Å². The van der Waals surface area contributed by atoms with Crippen LogP contribution in [0.4, 0.5) is 0 Å². The zero-order valence-corrected chi connectivity index (χ0v) is 14.6. The quantitative estimate of drug-likeness (QED) is 0.425. The van der Waals surface area contributed by atoms with E-state index in [1.165, 1.54) is 19.3 Å². The Bertz CT molecular complexity index is 289. The van der Waals surface area contributed by atoms with Crippen LogP contribution in [0.3, 0.4) is 0 Å². The molecule has 0 atom stereocenters. The third-order valence-electron chi connectivity index (χ3n) is 3.88. The van der Waals surface area contributed by atoms with Crippen LogP contribution in [0.5, 0.6) is 0 Å². The van der Waals surface area contributed by atoms with E-state index in [2.05, 4.69) is 55.4 Å². The second kappa shape index (κ2) is 5.80. The average Bonchev–Trinajstić information content (AvgIpc) is 2.16. The van der Waals surface area contributed by atoms with Gasteiger partial charge in [-0.2, -0.15) is 0 Å². The van der Waals surface area contributed by atoms with Crippen molar-refractivity contribution in [2.24, 2.45) is 16.2 Å². The molecule has 0 unspecified atom stereocenters. The second-order valence-corrected chi connectivity index (χ2v) is 8.30. The molecule has 18 heavy (non-hydrogen) atoms. The molecule has 0 radical (unpaired) electrons. The number of hydrogen-bond acceptors (Lipinski definition) is 0. The summed E-state index contributed by atoms with van der Waals surface area (Å²) >= 11 is 0. The van der Waals surface area contributed by atoms with Gasteiger partial charge in [0.25, 0.3) is 0 Å². The molecule has 0 spiro atoms. The van der Waals surface area contributed by atoms with Crippen molar-refractivity contribution in [3.05, 3.63) is 11.1 Å². The van der Waals surface area contributed by atoms with Crippen molar-refractivity contribution in [1.82, 2.24) is 0 Å². The first-order chi connectivity index (χ1) is 7.93. The van der Waals surface area contributed by atoms with Gasteiger partial charge in [-0.05, 0) is 35.5 Å². The van der Waals surface area contributed by atoms with E-state index in [1.54, 1.807) is 11.1 Å². The first kappa shape index (κ1) is 17.7. The van der Waals surface area contributed by atoms with Gasteiger partial charge in [-0.3, -0.25) is 0 Å². The lowest BCUT2D eigenvalue weighted by Crippen LogP contribution is -2.29. The molecule has 1 rings (SSSR count). The minimum Gasteiger partial charge on any atom is -0.0683 e. The third-order valence-corrected chi connectivity index (χ3v) is 3.88. The molecule has 0 saturated carbocycles. The molecule has 0 aromatic carbocycles. The van der Waals surface area contributed by atoms with Crippen LogP contribution in [0, 0.1) is 16.2 Å². The summed E-state index contributed by atoms with van der Waals surface area (Å²) in [5.41, 5.74) is 4.62. The van der Waals surface area contributed by atoms with E-state index in [9.17, 15) is 0 Å². The van der Waals surface area contributed by atoms with Gasteiger partial charge in [0.05, 0.1) is 0 Å². The van der Waals surface area contributed by atoms with E-state index in [0.29, 0.717) is 16.2 Å². The Hall–Kier alpha value is -0.260. The second-order valence-electron chi connectivity index (χ2n) is 8.30. The maximum absolute atomic E-state index is 2.41. The van der Waals surface area contributed by atoms with Crippen LogP contribution < -0.4 is 0 Å². The summed E-state index contributed by atoms with van der Waals surface area (Å²) in [5.74, 6) is 0. The number of allylic oxidation sites excluding steroid dienone is 2. The largest absolute Gasteiger partial charge is 0.0683 e. The highest BCUT2D eigenvalue weighted by Crippen LogP contribution is 2.49. The van der Waals surface area contributed by atoms with Gasteiger partial charge in [-0.1, -0.05) is 80.4 Å². The van der Waals surface area contributed by atoms with E-state index in [0.717, 1.165) is 0 Å². The fourth-order valence-electron chi connectivity index (χ4n) is 2.83. The Kier molecular flexibility index (Phi) is 5.72. The number of rotatable bonds is 0. The van der Waals surface area contributed by atoms with Gasteiger partial charge in [-0.25, -0.2) is 0 Å². The molecule has 0 bridgehead atoms. The standard InChI is InChI=1S/C16H30.C2H6/c1-14(2,3)12-9-10-16(7,8)11-13(12)15(4,5)6;1-2/h9-11H2,1-8H3;1-2H3. The Morgan fingerprint density at radius 2 is 1.17 bits per heavy atom. The molecule has 0 aliphatic heterocycles. The molecule has 0 amide bonds. The summed E-state index contributed by atoms with van der Waals surface area (Å²) in [4.78, 5) is 0. The summed E-state index contributed by atoms with van der Waals surface area (Å²) in [6.45, 7) is 23.0. The molecular weight excluding hydrogens is 216 g/mol. The van der Waals surface area contributed by atoms with Crippen LogP contribution in [0.15, 0.2) is 11.1 Å². The molecule has 0 heterocycles. The molecule has 0 saturated heterocycles. The predicted molar refractivity (Wildman–Crippen MR) is 84.9 cm³/mol. The molecular formula is C18H36. The minimum atomic E-state index is 0.334. The topological polar surface area (TPSA) is 0 Å². The fraction of sp³-hybridized carbons (Fsp3) is 0.889. The fourth-order valence-corrected chi connectivity index (χ4v) is 2.83. The summed E-state index contributed by atoms with van der Waals surface area (Å²) in [5, 5.41) is 0. The SMILES string of the molecule is CC.CC1(C)CCC(C(C)(C)C)=C(C(C)(C)C)C1. The van der Waals surface area contributed by atoms with Crippen molar-refractivity contribution in [2.75, 3.05) is 0 Å². The van der Waals surface area contributed by atoms with Crippen molar-refractivity contribution in [3.63, 3.8) is 0 Å². The number of hydrogen-bond donors (Lipinski definition) is 0. The highest BCUT2D eigenvalue weighted by Gasteiger charge is 2.35. The lowest BCUT2D eigenvalue weighted by molar-refractivity contribution is 0.259. The van der Waals surface area contributed by atoms with Gasteiger partial charge in [0.15, 0.2) is 0 Å². The van der Waals surface area contributed by atoms with Crippen molar-refractivity contribution in [3.8, 4) is 0 Å². The Labute approximate surface area is 116 Å². The van der Waals surface area contributed by atoms with Crippen molar-refractivity contribution in [1.29, 1.82) is 0 Å². The van der Waals surface area contributed by atoms with E-state index < -0.39 is 0 Å². The van der Waals surface area contributed by atoms with Gasteiger partial charge in [0, 0.05) is 0 Å². The van der Waals surface area contributed by atoms with Crippen LogP contribution in [0.2, 0.25) is 0 Å². The maximum atomic E-state index is 2.41. The zero-order valence-electron chi connectivity index (χ0n) is 14.6. The Morgan fingerprint density at radius 3 is 1.50 bits per heavy atom. The maximum Gasteiger partial charge on any atom is -0.0170 e. The van der Waals surface area contributed by atoms with E-state index in [4.69, 9.17) is 0 Å². The monoisotopic (exact) mass is 252 g/mol. The summed E-state index contributed by atoms with van der Waals surface area (Å²) in [7, 11) is 0. The molecule has 1 aliphatic rings. The van der Waals surface area contributed by atoms with Crippen LogP contribution in [-0.4, -0.2) is 0 Å². The lowest BCUT2D eigenvalue weighted by Gasteiger charge is -2.42. The molecule has 0 fully saturated rings. The molecule has 1 aliphatic carbocycles. The van der Waals surface area contributed by atoms with E-state index >= 15 is 0 Å². The van der Waals surface area contributed by atoms with Gasteiger partial charge >= 0.3 is 0 Å². The van der Waals surface area contributed by atoms with Gasteiger partial charge in [0.2, 0.25) is 0 Å².